The van der Waals surface area contributed by atoms with Gasteiger partial charge in [0.2, 0.25) is 5.89 Å². The number of fused-ring (bicyclic) bond motifs is 1. The van der Waals surface area contributed by atoms with Crippen LogP contribution in [0, 0.1) is 0 Å². The van der Waals surface area contributed by atoms with Gasteiger partial charge in [-0.05, 0) is 45.0 Å². The molecule has 0 amide bonds. The lowest BCUT2D eigenvalue weighted by Crippen LogP contribution is -2.35. The number of benzene rings is 1. The van der Waals surface area contributed by atoms with Crippen LogP contribution in [0.5, 0.6) is 0 Å². The molecule has 1 aliphatic rings. The molecule has 0 spiro atoms. The average molecular weight is 326 g/mol. The second-order valence-corrected chi connectivity index (χ2v) is 6.41. The summed E-state index contributed by atoms with van der Waals surface area (Å²) in [6, 6.07) is 8.11. The first kappa shape index (κ1) is 15.3. The minimum Gasteiger partial charge on any atom is -0.440 e. The zero-order valence-electron chi connectivity index (χ0n) is 14.1. The molecule has 126 valence electrons. The van der Waals surface area contributed by atoms with Gasteiger partial charge in [0.05, 0.1) is 6.04 Å². The number of hydrogen-bond acceptors (Lipinski definition) is 6. The Labute approximate surface area is 140 Å². The van der Waals surface area contributed by atoms with Crippen molar-refractivity contribution >= 4 is 11.1 Å². The van der Waals surface area contributed by atoms with Gasteiger partial charge < -0.3 is 8.94 Å². The van der Waals surface area contributed by atoms with Crippen molar-refractivity contribution in [3.63, 3.8) is 0 Å². The Hall–Kier alpha value is -2.21. The van der Waals surface area contributed by atoms with Gasteiger partial charge in [0.25, 0.3) is 0 Å². The Kier molecular flexibility index (Phi) is 4.06. The van der Waals surface area contributed by atoms with E-state index in [9.17, 15) is 0 Å². The Morgan fingerprint density at radius 2 is 2.00 bits per heavy atom. The van der Waals surface area contributed by atoms with E-state index >= 15 is 0 Å². The van der Waals surface area contributed by atoms with Gasteiger partial charge in [-0.1, -0.05) is 24.2 Å². The third-order valence-corrected chi connectivity index (χ3v) is 4.89. The molecule has 3 heterocycles. The number of piperidine rings is 1. The summed E-state index contributed by atoms with van der Waals surface area (Å²) in [4.78, 5) is 11.5. The highest BCUT2D eigenvalue weighted by Crippen LogP contribution is 2.32. The topological polar surface area (TPSA) is 68.2 Å². The molecular formula is C18H22N4O2. The highest BCUT2D eigenvalue weighted by Gasteiger charge is 2.29. The molecule has 0 saturated carbocycles. The largest absolute Gasteiger partial charge is 0.440 e. The SMILES string of the molecule is CCc1noc(C(C)N2CCC(c3nc4ccccc4o3)CC2)n1. The van der Waals surface area contributed by atoms with Crippen molar-refractivity contribution in [3.8, 4) is 0 Å². The van der Waals surface area contributed by atoms with E-state index in [1.807, 2.05) is 31.2 Å². The second kappa shape index (κ2) is 6.36. The van der Waals surface area contributed by atoms with Crippen molar-refractivity contribution in [1.82, 2.24) is 20.0 Å². The second-order valence-electron chi connectivity index (χ2n) is 6.41. The Balaban J connectivity index is 1.42. The quantitative estimate of drug-likeness (QED) is 0.728. The fourth-order valence-corrected chi connectivity index (χ4v) is 3.34. The number of hydrogen-bond donors (Lipinski definition) is 0. The summed E-state index contributed by atoms with van der Waals surface area (Å²) in [5.74, 6) is 2.75. The maximum absolute atomic E-state index is 5.94. The Morgan fingerprint density at radius 1 is 1.21 bits per heavy atom. The monoisotopic (exact) mass is 326 g/mol. The summed E-state index contributed by atoms with van der Waals surface area (Å²) >= 11 is 0. The van der Waals surface area contributed by atoms with Crippen LogP contribution in [0.4, 0.5) is 0 Å². The van der Waals surface area contributed by atoms with Crippen LogP contribution < -0.4 is 0 Å². The molecule has 0 radical (unpaired) electrons. The van der Waals surface area contributed by atoms with Crippen LogP contribution in [0.15, 0.2) is 33.2 Å². The van der Waals surface area contributed by atoms with E-state index in [-0.39, 0.29) is 6.04 Å². The summed E-state index contributed by atoms with van der Waals surface area (Å²) in [5, 5.41) is 4.00. The predicted octanol–water partition coefficient (Wildman–Crippen LogP) is 3.71. The van der Waals surface area contributed by atoms with Gasteiger partial charge in [0, 0.05) is 12.3 Å². The minimum absolute atomic E-state index is 0.155. The molecule has 1 fully saturated rings. The number of aromatic nitrogens is 3. The predicted molar refractivity (Wildman–Crippen MR) is 89.6 cm³/mol. The fourth-order valence-electron chi connectivity index (χ4n) is 3.34. The van der Waals surface area contributed by atoms with Crippen LogP contribution in [0.25, 0.3) is 11.1 Å². The van der Waals surface area contributed by atoms with E-state index in [0.717, 1.165) is 55.2 Å². The molecule has 1 atom stereocenters. The van der Waals surface area contributed by atoms with Gasteiger partial charge in [-0.2, -0.15) is 4.98 Å². The zero-order valence-corrected chi connectivity index (χ0v) is 14.1. The lowest BCUT2D eigenvalue weighted by Gasteiger charge is -2.33. The highest BCUT2D eigenvalue weighted by molar-refractivity contribution is 5.72. The first-order valence-corrected chi connectivity index (χ1v) is 8.66. The third kappa shape index (κ3) is 2.82. The molecule has 1 aliphatic heterocycles. The average Bonchev–Trinajstić information content (AvgIpc) is 3.28. The van der Waals surface area contributed by atoms with E-state index in [1.165, 1.54) is 0 Å². The molecule has 3 aromatic rings. The Bertz CT molecular complexity index is 784. The number of rotatable bonds is 4. The van der Waals surface area contributed by atoms with Crippen molar-refractivity contribution < 1.29 is 8.94 Å². The van der Waals surface area contributed by atoms with Crippen LogP contribution >= 0.6 is 0 Å². The number of nitrogens with zero attached hydrogens (tertiary/aromatic N) is 4. The highest BCUT2D eigenvalue weighted by atomic mass is 16.5. The molecule has 2 aromatic heterocycles. The lowest BCUT2D eigenvalue weighted by molar-refractivity contribution is 0.131. The van der Waals surface area contributed by atoms with Crippen molar-refractivity contribution in [3.05, 3.63) is 41.9 Å². The fraction of sp³-hybridized carbons (Fsp3) is 0.500. The summed E-state index contributed by atoms with van der Waals surface area (Å²) in [6.07, 6.45) is 2.87. The van der Waals surface area contributed by atoms with Gasteiger partial charge in [0.1, 0.15) is 5.52 Å². The first-order valence-electron chi connectivity index (χ1n) is 8.66. The maximum atomic E-state index is 5.94. The molecule has 0 bridgehead atoms. The standard InChI is InChI=1S/C18H22N4O2/c1-3-16-20-17(24-21-16)12(2)22-10-8-13(9-11-22)18-19-14-6-4-5-7-15(14)23-18/h4-7,12-13H,3,8-11H2,1-2H3. The van der Waals surface area contributed by atoms with Crippen molar-refractivity contribution in [2.75, 3.05) is 13.1 Å². The van der Waals surface area contributed by atoms with Crippen LogP contribution in [0.2, 0.25) is 0 Å². The van der Waals surface area contributed by atoms with Crippen molar-refractivity contribution in [1.29, 1.82) is 0 Å². The van der Waals surface area contributed by atoms with E-state index in [2.05, 4.69) is 26.9 Å². The zero-order chi connectivity index (χ0) is 16.5. The molecule has 1 aromatic carbocycles. The van der Waals surface area contributed by atoms with Crippen molar-refractivity contribution in [2.24, 2.45) is 0 Å². The number of aryl methyl sites for hydroxylation is 1. The summed E-state index contributed by atoms with van der Waals surface area (Å²) < 4.78 is 11.3. The molecule has 6 nitrogen and oxygen atoms in total. The lowest BCUT2D eigenvalue weighted by atomic mass is 9.96. The smallest absolute Gasteiger partial charge is 0.243 e. The molecule has 1 unspecified atom stereocenters. The van der Waals surface area contributed by atoms with E-state index in [1.54, 1.807) is 0 Å². The van der Waals surface area contributed by atoms with Gasteiger partial charge in [-0.3, -0.25) is 4.90 Å². The summed E-state index contributed by atoms with van der Waals surface area (Å²) in [7, 11) is 0. The summed E-state index contributed by atoms with van der Waals surface area (Å²) in [6.45, 7) is 6.13. The molecule has 24 heavy (non-hydrogen) atoms. The number of likely N-dealkylation sites (tertiary alicyclic amines) is 1. The van der Waals surface area contributed by atoms with Crippen LogP contribution in [-0.2, 0) is 6.42 Å². The van der Waals surface area contributed by atoms with Gasteiger partial charge >= 0.3 is 0 Å². The Morgan fingerprint density at radius 3 is 2.71 bits per heavy atom. The van der Waals surface area contributed by atoms with Gasteiger partial charge in [-0.25, -0.2) is 4.98 Å². The molecular weight excluding hydrogens is 304 g/mol. The maximum Gasteiger partial charge on any atom is 0.243 e. The van der Waals surface area contributed by atoms with Crippen LogP contribution in [0.3, 0.4) is 0 Å². The first-order chi connectivity index (χ1) is 11.7. The van der Waals surface area contributed by atoms with Crippen molar-refractivity contribution in [2.45, 2.75) is 45.1 Å². The van der Waals surface area contributed by atoms with Gasteiger partial charge in [-0.15, -0.1) is 0 Å². The van der Waals surface area contributed by atoms with Gasteiger partial charge in [0.15, 0.2) is 17.3 Å². The normalized spacial score (nSPS) is 18.2. The third-order valence-electron chi connectivity index (χ3n) is 4.89. The van der Waals surface area contributed by atoms with E-state index < -0.39 is 0 Å². The van der Waals surface area contributed by atoms with Crippen LogP contribution in [-0.4, -0.2) is 33.1 Å². The summed E-state index contributed by atoms with van der Waals surface area (Å²) in [5.41, 5.74) is 1.82. The molecule has 6 heteroatoms. The molecule has 1 saturated heterocycles. The van der Waals surface area contributed by atoms with Crippen LogP contribution in [0.1, 0.15) is 56.3 Å². The molecule has 4 rings (SSSR count). The number of para-hydroxylation sites is 2. The molecule has 0 aliphatic carbocycles. The number of oxazole rings is 1. The van der Waals surface area contributed by atoms with E-state index in [4.69, 9.17) is 8.94 Å². The minimum atomic E-state index is 0.155. The molecule has 0 N–H and O–H groups in total. The van der Waals surface area contributed by atoms with E-state index in [0.29, 0.717) is 11.8 Å².